The molecule has 0 aromatic carbocycles. The Kier molecular flexibility index (Phi) is 8.90. The Labute approximate surface area is 102 Å². The predicted octanol–water partition coefficient (Wildman–Crippen LogP) is 1.98. The molecular formula is C13H30N2O. The smallest absolute Gasteiger partial charge is 0.0615 e. The van der Waals surface area contributed by atoms with Crippen LogP contribution >= 0.6 is 0 Å². The van der Waals surface area contributed by atoms with E-state index in [4.69, 9.17) is 4.74 Å². The Balaban J connectivity index is 4.43. The fourth-order valence-electron chi connectivity index (χ4n) is 2.24. The molecule has 0 saturated carbocycles. The van der Waals surface area contributed by atoms with Crippen molar-refractivity contribution in [3.05, 3.63) is 0 Å². The third kappa shape index (κ3) is 5.28. The largest absolute Gasteiger partial charge is 0.383 e. The van der Waals surface area contributed by atoms with Crippen LogP contribution in [-0.4, -0.2) is 50.3 Å². The van der Waals surface area contributed by atoms with Crippen molar-refractivity contribution in [2.45, 2.75) is 46.7 Å². The molecule has 0 rings (SSSR count). The molecule has 0 aromatic heterocycles. The highest BCUT2D eigenvalue weighted by Gasteiger charge is 2.24. The van der Waals surface area contributed by atoms with Crippen LogP contribution in [-0.2, 0) is 4.74 Å². The minimum atomic E-state index is 0.487. The number of hydrogen-bond donors (Lipinski definition) is 1. The standard InChI is InChI=1S/C13H30N2O/c1-7-14-9-13(11(3)4)15(8-2)12(5)10-16-6/h11-14H,7-10H2,1-6H3. The van der Waals surface area contributed by atoms with Gasteiger partial charge in [0.15, 0.2) is 0 Å². The second-order valence-corrected chi connectivity index (χ2v) is 4.75. The zero-order valence-electron chi connectivity index (χ0n) is 11.9. The van der Waals surface area contributed by atoms with E-state index < -0.39 is 0 Å². The summed E-state index contributed by atoms with van der Waals surface area (Å²) in [7, 11) is 1.78. The molecule has 0 aliphatic carbocycles. The average molecular weight is 230 g/mol. The second kappa shape index (κ2) is 8.97. The van der Waals surface area contributed by atoms with Crippen LogP contribution in [0.25, 0.3) is 0 Å². The molecule has 0 radical (unpaired) electrons. The summed E-state index contributed by atoms with van der Waals surface area (Å²) in [5.41, 5.74) is 0. The average Bonchev–Trinajstić information content (AvgIpc) is 2.23. The lowest BCUT2D eigenvalue weighted by Gasteiger charge is -2.38. The van der Waals surface area contributed by atoms with Crippen LogP contribution in [0, 0.1) is 5.92 Å². The molecule has 0 amide bonds. The molecular weight excluding hydrogens is 200 g/mol. The third-order valence-corrected chi connectivity index (χ3v) is 3.14. The molecule has 2 unspecified atom stereocenters. The van der Waals surface area contributed by atoms with Gasteiger partial charge in [0.05, 0.1) is 6.61 Å². The lowest BCUT2D eigenvalue weighted by molar-refractivity contribution is 0.0567. The van der Waals surface area contributed by atoms with Gasteiger partial charge in [-0.3, -0.25) is 4.90 Å². The van der Waals surface area contributed by atoms with Crippen molar-refractivity contribution in [2.75, 3.05) is 33.4 Å². The number of likely N-dealkylation sites (N-methyl/N-ethyl adjacent to an activating group) is 2. The van der Waals surface area contributed by atoms with Crippen molar-refractivity contribution < 1.29 is 4.74 Å². The number of methoxy groups -OCH3 is 1. The maximum Gasteiger partial charge on any atom is 0.0615 e. The molecule has 1 N–H and O–H groups in total. The zero-order valence-corrected chi connectivity index (χ0v) is 11.9. The van der Waals surface area contributed by atoms with Gasteiger partial charge in [-0.25, -0.2) is 0 Å². The van der Waals surface area contributed by atoms with Gasteiger partial charge in [-0.05, 0) is 25.9 Å². The number of nitrogens with one attached hydrogen (secondary N) is 1. The summed E-state index contributed by atoms with van der Waals surface area (Å²) in [6.45, 7) is 15.2. The summed E-state index contributed by atoms with van der Waals surface area (Å²) in [4.78, 5) is 2.54. The normalized spacial score (nSPS) is 15.8. The van der Waals surface area contributed by atoms with Crippen molar-refractivity contribution in [3.8, 4) is 0 Å². The second-order valence-electron chi connectivity index (χ2n) is 4.75. The Bertz CT molecular complexity index is 162. The number of hydrogen-bond acceptors (Lipinski definition) is 3. The van der Waals surface area contributed by atoms with E-state index in [9.17, 15) is 0 Å². The highest BCUT2D eigenvalue weighted by molar-refractivity contribution is 4.80. The number of nitrogens with zero attached hydrogens (tertiary/aromatic N) is 1. The molecule has 0 aliphatic rings. The van der Waals surface area contributed by atoms with Crippen molar-refractivity contribution in [1.29, 1.82) is 0 Å². The zero-order chi connectivity index (χ0) is 12.6. The molecule has 0 bridgehead atoms. The first-order valence-electron chi connectivity index (χ1n) is 6.53. The predicted molar refractivity (Wildman–Crippen MR) is 70.9 cm³/mol. The first-order chi connectivity index (χ1) is 7.58. The minimum Gasteiger partial charge on any atom is -0.383 e. The highest BCUT2D eigenvalue weighted by Crippen LogP contribution is 2.13. The number of ether oxygens (including phenoxy) is 1. The Morgan fingerprint density at radius 3 is 2.19 bits per heavy atom. The van der Waals surface area contributed by atoms with Gasteiger partial charge < -0.3 is 10.1 Å². The van der Waals surface area contributed by atoms with E-state index in [1.54, 1.807) is 7.11 Å². The summed E-state index contributed by atoms with van der Waals surface area (Å²) >= 11 is 0. The lowest BCUT2D eigenvalue weighted by atomic mass is 10.0. The van der Waals surface area contributed by atoms with Crippen molar-refractivity contribution in [2.24, 2.45) is 5.92 Å². The van der Waals surface area contributed by atoms with Gasteiger partial charge in [0.2, 0.25) is 0 Å². The van der Waals surface area contributed by atoms with Crippen molar-refractivity contribution in [3.63, 3.8) is 0 Å². The van der Waals surface area contributed by atoms with Gasteiger partial charge >= 0.3 is 0 Å². The van der Waals surface area contributed by atoms with E-state index in [1.807, 2.05) is 0 Å². The van der Waals surface area contributed by atoms with Crippen LogP contribution in [0.2, 0.25) is 0 Å². The molecule has 0 aromatic rings. The fraction of sp³-hybridized carbons (Fsp3) is 1.00. The Morgan fingerprint density at radius 1 is 1.19 bits per heavy atom. The van der Waals surface area contributed by atoms with E-state index in [1.165, 1.54) is 0 Å². The van der Waals surface area contributed by atoms with E-state index in [-0.39, 0.29) is 0 Å². The third-order valence-electron chi connectivity index (χ3n) is 3.14. The molecule has 98 valence electrons. The SMILES string of the molecule is CCNCC(C(C)C)N(CC)C(C)COC. The van der Waals surface area contributed by atoms with Gasteiger partial charge in [-0.2, -0.15) is 0 Å². The van der Waals surface area contributed by atoms with E-state index >= 15 is 0 Å². The molecule has 0 aliphatic heterocycles. The Hall–Kier alpha value is -0.120. The van der Waals surface area contributed by atoms with Gasteiger partial charge in [0.1, 0.15) is 0 Å². The fourth-order valence-corrected chi connectivity index (χ4v) is 2.24. The molecule has 0 saturated heterocycles. The quantitative estimate of drug-likeness (QED) is 0.655. The summed E-state index contributed by atoms with van der Waals surface area (Å²) < 4.78 is 5.26. The molecule has 0 fully saturated rings. The van der Waals surface area contributed by atoms with Crippen LogP contribution in [0.4, 0.5) is 0 Å². The van der Waals surface area contributed by atoms with Crippen LogP contribution < -0.4 is 5.32 Å². The first-order valence-corrected chi connectivity index (χ1v) is 6.53. The Morgan fingerprint density at radius 2 is 1.81 bits per heavy atom. The van der Waals surface area contributed by atoms with Crippen LogP contribution in [0.1, 0.15) is 34.6 Å². The summed E-state index contributed by atoms with van der Waals surface area (Å²) in [5, 5.41) is 3.46. The lowest BCUT2D eigenvalue weighted by Crippen LogP contribution is -2.50. The summed E-state index contributed by atoms with van der Waals surface area (Å²) in [6.07, 6.45) is 0. The van der Waals surface area contributed by atoms with Crippen LogP contribution in [0.5, 0.6) is 0 Å². The molecule has 3 nitrogen and oxygen atoms in total. The van der Waals surface area contributed by atoms with E-state index in [0.29, 0.717) is 18.0 Å². The number of rotatable bonds is 9. The molecule has 3 heteroatoms. The van der Waals surface area contributed by atoms with Gasteiger partial charge in [-0.1, -0.05) is 27.7 Å². The van der Waals surface area contributed by atoms with E-state index in [0.717, 1.165) is 26.2 Å². The van der Waals surface area contributed by atoms with Gasteiger partial charge in [-0.15, -0.1) is 0 Å². The maximum absolute atomic E-state index is 5.26. The van der Waals surface area contributed by atoms with E-state index in [2.05, 4.69) is 44.8 Å². The van der Waals surface area contributed by atoms with Crippen molar-refractivity contribution >= 4 is 0 Å². The van der Waals surface area contributed by atoms with Crippen LogP contribution in [0.15, 0.2) is 0 Å². The minimum absolute atomic E-state index is 0.487. The summed E-state index contributed by atoms with van der Waals surface area (Å²) in [5.74, 6) is 0.665. The van der Waals surface area contributed by atoms with Crippen molar-refractivity contribution in [1.82, 2.24) is 10.2 Å². The maximum atomic E-state index is 5.26. The van der Waals surface area contributed by atoms with Gasteiger partial charge in [0.25, 0.3) is 0 Å². The molecule has 0 spiro atoms. The summed E-state index contributed by atoms with van der Waals surface area (Å²) in [6, 6.07) is 1.08. The van der Waals surface area contributed by atoms with Gasteiger partial charge in [0, 0.05) is 25.7 Å². The first kappa shape index (κ1) is 15.9. The topological polar surface area (TPSA) is 24.5 Å². The highest BCUT2D eigenvalue weighted by atomic mass is 16.5. The molecule has 2 atom stereocenters. The van der Waals surface area contributed by atoms with Crippen LogP contribution in [0.3, 0.4) is 0 Å². The molecule has 16 heavy (non-hydrogen) atoms. The monoisotopic (exact) mass is 230 g/mol. The molecule has 0 heterocycles.